The molecule has 0 N–H and O–H groups in total. The van der Waals surface area contributed by atoms with Gasteiger partial charge in [-0.15, -0.1) is 0 Å². The predicted octanol–water partition coefficient (Wildman–Crippen LogP) is 13.2. The summed E-state index contributed by atoms with van der Waals surface area (Å²) in [4.78, 5) is 29.2. The van der Waals surface area contributed by atoms with Gasteiger partial charge < -0.3 is 8.98 Å². The van der Waals surface area contributed by atoms with Crippen LogP contribution in [0.25, 0.3) is 106 Å². The summed E-state index contributed by atoms with van der Waals surface area (Å²) >= 11 is 0. The third kappa shape index (κ3) is 6.52. The molecule has 0 bridgehead atoms. The van der Waals surface area contributed by atoms with Gasteiger partial charge in [-0.2, -0.15) is 0 Å². The van der Waals surface area contributed by atoms with Crippen LogP contribution in [0.4, 0.5) is 0 Å². The van der Waals surface area contributed by atoms with Gasteiger partial charge in [0.1, 0.15) is 11.2 Å². The zero-order valence-electron chi connectivity index (χ0n) is 32.2. The van der Waals surface area contributed by atoms with Gasteiger partial charge >= 0.3 is 0 Å². The zero-order valence-corrected chi connectivity index (χ0v) is 32.2. The molecule has 6 nitrogen and oxygen atoms in total. The molecule has 10 rings (SSSR count). The van der Waals surface area contributed by atoms with Crippen LogP contribution in [0.3, 0.4) is 0 Å². The first kappa shape index (κ1) is 35.5. The number of rotatable bonds is 8. The number of fused-ring (bicyclic) bond motifs is 5. The first-order chi connectivity index (χ1) is 29.1. The molecule has 0 saturated heterocycles. The number of nitrogens with zero attached hydrogens (tertiary/aromatic N) is 4. The van der Waals surface area contributed by atoms with E-state index in [0.717, 1.165) is 55.2 Å². The van der Waals surface area contributed by atoms with Gasteiger partial charge in [0.2, 0.25) is 5.43 Å². The fourth-order valence-corrected chi connectivity index (χ4v) is 7.80. The van der Waals surface area contributed by atoms with Gasteiger partial charge in [-0.1, -0.05) is 146 Å². The quantitative estimate of drug-likeness (QED) is 0.114. The third-order valence-corrected chi connectivity index (χ3v) is 10.6. The number of hydrogen-bond donors (Lipinski definition) is 0. The monoisotopic (exact) mass is 760 g/mol. The van der Waals surface area contributed by atoms with E-state index in [9.17, 15) is 4.79 Å². The van der Waals surface area contributed by atoms with Gasteiger partial charge in [-0.3, -0.25) is 4.79 Å². The molecule has 7 aromatic carbocycles. The Balaban J connectivity index is 1.18. The molecule has 6 heteroatoms. The minimum Gasteiger partial charge on any atom is -0.454 e. The molecule has 0 aliphatic carbocycles. The van der Waals surface area contributed by atoms with Crippen molar-refractivity contribution in [1.82, 2.24) is 19.5 Å². The third-order valence-electron chi connectivity index (χ3n) is 10.6. The van der Waals surface area contributed by atoms with E-state index >= 15 is 0 Å². The first-order valence-corrected chi connectivity index (χ1v) is 19.6. The molecule has 0 spiro atoms. The molecular weight excluding hydrogens is 725 g/mol. The molecule has 0 atom stereocenters. The first-order valence-electron chi connectivity index (χ1n) is 19.6. The van der Waals surface area contributed by atoms with Crippen LogP contribution in [-0.4, -0.2) is 19.5 Å². The summed E-state index contributed by atoms with van der Waals surface area (Å²) in [6.07, 6.45) is 12.2. The zero-order chi connectivity index (χ0) is 39.7. The van der Waals surface area contributed by atoms with E-state index in [4.69, 9.17) is 19.4 Å². The van der Waals surface area contributed by atoms with Crippen molar-refractivity contribution in [3.63, 3.8) is 0 Å². The van der Waals surface area contributed by atoms with Crippen LogP contribution < -0.4 is 5.43 Å². The lowest BCUT2D eigenvalue weighted by Gasteiger charge is -2.12. The van der Waals surface area contributed by atoms with Crippen molar-refractivity contribution in [2.45, 2.75) is 6.92 Å². The average Bonchev–Trinajstić information content (AvgIpc) is 3.61. The standard InChI is InChI=1S/C53H36N4O2/c1-2-3-4-5-15-32-57-46-30-28-38(35-18-9-6-10-19-35)33-44(46)45-34-39(29-31-47(45)57)40-24-16-25-41-48(58)42-26-17-27-43(50(42)59-49(40)41)53-55-51(36-20-11-7-12-21-36)54-52(56-53)37-22-13-8-14-23-37/h2-34H,1H3/b3-2-,5-4-,32-15+. The summed E-state index contributed by atoms with van der Waals surface area (Å²) in [5.74, 6) is 1.48. The number of para-hydroxylation sites is 2. The van der Waals surface area contributed by atoms with Crippen molar-refractivity contribution in [3.8, 4) is 56.4 Å². The average molecular weight is 761 g/mol. The molecule has 0 fully saturated rings. The minimum absolute atomic E-state index is 0.119. The summed E-state index contributed by atoms with van der Waals surface area (Å²) < 4.78 is 9.16. The Hall–Kier alpha value is -7.96. The van der Waals surface area contributed by atoms with E-state index < -0.39 is 0 Å². The molecule has 10 aromatic rings. The van der Waals surface area contributed by atoms with Gasteiger partial charge in [0.05, 0.1) is 27.4 Å². The Kier molecular flexibility index (Phi) is 9.12. The second-order valence-corrected chi connectivity index (χ2v) is 14.3. The predicted molar refractivity (Wildman–Crippen MR) is 243 cm³/mol. The lowest BCUT2D eigenvalue weighted by Crippen LogP contribution is -2.05. The van der Waals surface area contributed by atoms with E-state index in [1.807, 2.05) is 128 Å². The highest BCUT2D eigenvalue weighted by molar-refractivity contribution is 6.12. The molecule has 59 heavy (non-hydrogen) atoms. The summed E-state index contributed by atoms with van der Waals surface area (Å²) in [6.45, 7) is 2.00. The van der Waals surface area contributed by atoms with E-state index in [2.05, 4.69) is 77.5 Å². The summed E-state index contributed by atoms with van der Waals surface area (Å²) in [6, 6.07) is 54.6. The van der Waals surface area contributed by atoms with Crippen LogP contribution in [0.5, 0.6) is 0 Å². The van der Waals surface area contributed by atoms with Crippen molar-refractivity contribution in [1.29, 1.82) is 0 Å². The maximum absolute atomic E-state index is 14.4. The topological polar surface area (TPSA) is 73.8 Å². The fourth-order valence-electron chi connectivity index (χ4n) is 7.80. The van der Waals surface area contributed by atoms with Gasteiger partial charge in [0, 0.05) is 33.7 Å². The normalized spacial score (nSPS) is 12.0. The SMILES string of the molecule is C\C=C/C=C\C=C\n1c2ccc(-c3ccccc3)cc2c2cc(-c3cccc4c(=O)c5cccc(-c6nc(-c7ccccc7)nc(-c7ccccc7)n6)c5oc34)ccc21. The molecule has 0 amide bonds. The second-order valence-electron chi connectivity index (χ2n) is 14.3. The Morgan fingerprint density at radius 3 is 1.56 bits per heavy atom. The van der Waals surface area contributed by atoms with Crippen molar-refractivity contribution < 1.29 is 4.42 Å². The van der Waals surface area contributed by atoms with Crippen molar-refractivity contribution in [2.75, 3.05) is 0 Å². The lowest BCUT2D eigenvalue weighted by atomic mass is 9.98. The highest BCUT2D eigenvalue weighted by Gasteiger charge is 2.20. The molecule has 3 heterocycles. The van der Waals surface area contributed by atoms with E-state index in [-0.39, 0.29) is 5.43 Å². The van der Waals surface area contributed by atoms with Crippen LogP contribution in [0.1, 0.15) is 6.92 Å². The second kappa shape index (κ2) is 15.2. The van der Waals surface area contributed by atoms with Gasteiger partial charge in [-0.25, -0.2) is 15.0 Å². The molecular formula is C53H36N4O2. The lowest BCUT2D eigenvalue weighted by molar-refractivity contribution is 0.661. The molecule has 0 aliphatic heterocycles. The summed E-state index contributed by atoms with van der Waals surface area (Å²) in [5, 5.41) is 3.17. The molecule has 280 valence electrons. The molecule has 3 aromatic heterocycles. The summed E-state index contributed by atoms with van der Waals surface area (Å²) in [7, 11) is 0. The Bertz CT molecular complexity index is 3290. The largest absolute Gasteiger partial charge is 0.454 e. The smallest absolute Gasteiger partial charge is 0.200 e. The molecule has 0 aliphatic rings. The number of aromatic nitrogens is 4. The van der Waals surface area contributed by atoms with E-state index in [1.54, 1.807) is 6.07 Å². The van der Waals surface area contributed by atoms with Gasteiger partial charge in [-0.05, 0) is 72.2 Å². The van der Waals surface area contributed by atoms with Crippen LogP contribution in [-0.2, 0) is 0 Å². The van der Waals surface area contributed by atoms with Crippen LogP contribution in [0.15, 0.2) is 203 Å². The number of hydrogen-bond acceptors (Lipinski definition) is 5. The fraction of sp³-hybridized carbons (Fsp3) is 0.0189. The number of allylic oxidation sites excluding steroid dienone is 5. The van der Waals surface area contributed by atoms with Crippen molar-refractivity contribution in [3.05, 3.63) is 204 Å². The van der Waals surface area contributed by atoms with Gasteiger partial charge in [0.15, 0.2) is 17.5 Å². The maximum Gasteiger partial charge on any atom is 0.200 e. The van der Waals surface area contributed by atoms with Crippen LogP contribution >= 0.6 is 0 Å². The highest BCUT2D eigenvalue weighted by Crippen LogP contribution is 2.38. The Morgan fingerprint density at radius 1 is 0.441 bits per heavy atom. The van der Waals surface area contributed by atoms with Crippen LogP contribution in [0.2, 0.25) is 0 Å². The minimum atomic E-state index is -0.119. The van der Waals surface area contributed by atoms with Crippen LogP contribution in [0, 0.1) is 0 Å². The van der Waals surface area contributed by atoms with E-state index in [1.165, 1.54) is 0 Å². The Labute approximate surface area is 340 Å². The van der Waals surface area contributed by atoms with Crippen molar-refractivity contribution in [2.24, 2.45) is 0 Å². The maximum atomic E-state index is 14.4. The van der Waals surface area contributed by atoms with E-state index in [0.29, 0.717) is 45.0 Å². The molecule has 0 unspecified atom stereocenters. The summed E-state index contributed by atoms with van der Waals surface area (Å²) in [5.41, 5.74) is 9.32. The molecule has 0 saturated carbocycles. The number of benzene rings is 7. The molecule has 0 radical (unpaired) electrons. The Morgan fingerprint density at radius 2 is 0.949 bits per heavy atom. The van der Waals surface area contributed by atoms with Gasteiger partial charge in [0.25, 0.3) is 0 Å². The van der Waals surface area contributed by atoms with Crippen molar-refractivity contribution >= 4 is 49.9 Å². The highest BCUT2D eigenvalue weighted by atomic mass is 16.3.